The van der Waals surface area contributed by atoms with E-state index in [2.05, 4.69) is 9.97 Å². The Kier molecular flexibility index (Phi) is 3.99. The number of aliphatic carboxylic acids is 1. The minimum absolute atomic E-state index is 0.117. The van der Waals surface area contributed by atoms with Crippen LogP contribution in [0.25, 0.3) is 0 Å². The van der Waals surface area contributed by atoms with E-state index in [9.17, 15) is 9.59 Å². The van der Waals surface area contributed by atoms with Crippen molar-refractivity contribution in [2.45, 2.75) is 12.8 Å². The van der Waals surface area contributed by atoms with Gasteiger partial charge in [0.1, 0.15) is 5.69 Å². The first-order valence-electron chi connectivity index (χ1n) is 5.91. The van der Waals surface area contributed by atoms with Crippen LogP contribution in [-0.4, -0.2) is 51.4 Å². The van der Waals surface area contributed by atoms with Crippen LogP contribution in [0.15, 0.2) is 18.6 Å². The van der Waals surface area contributed by atoms with Gasteiger partial charge in [-0.3, -0.25) is 19.5 Å². The van der Waals surface area contributed by atoms with E-state index in [1.807, 2.05) is 4.90 Å². The van der Waals surface area contributed by atoms with Gasteiger partial charge in [0.05, 0.1) is 18.7 Å². The highest BCUT2D eigenvalue weighted by molar-refractivity contribution is 5.95. The van der Waals surface area contributed by atoms with Crippen molar-refractivity contribution >= 4 is 11.8 Å². The van der Waals surface area contributed by atoms with E-state index in [-0.39, 0.29) is 18.2 Å². The van der Waals surface area contributed by atoms with Crippen molar-refractivity contribution in [3.05, 3.63) is 24.3 Å². The number of hydrogen-bond acceptors (Lipinski definition) is 5. The van der Waals surface area contributed by atoms with Crippen molar-refractivity contribution < 1.29 is 14.7 Å². The van der Waals surface area contributed by atoms with Crippen LogP contribution in [0.2, 0.25) is 0 Å². The standard InChI is InChI=1S/C12H15N3O3/c16-11(10-6-13-3-4-14-10)8-15-5-1-2-9(7-15)12(17)18/h3-4,6,9H,1-2,5,7-8H2,(H,17,18)/t9-/m0/s1. The van der Waals surface area contributed by atoms with Gasteiger partial charge < -0.3 is 5.11 Å². The minimum Gasteiger partial charge on any atom is -0.481 e. The molecule has 6 heteroatoms. The van der Waals surface area contributed by atoms with Crippen LogP contribution in [0, 0.1) is 5.92 Å². The summed E-state index contributed by atoms with van der Waals surface area (Å²) in [7, 11) is 0. The lowest BCUT2D eigenvalue weighted by Crippen LogP contribution is -2.41. The number of piperidine rings is 1. The van der Waals surface area contributed by atoms with Crippen LogP contribution in [0.1, 0.15) is 23.3 Å². The molecule has 1 N–H and O–H groups in total. The minimum atomic E-state index is -0.786. The molecule has 2 rings (SSSR count). The van der Waals surface area contributed by atoms with Gasteiger partial charge in [-0.05, 0) is 19.4 Å². The lowest BCUT2D eigenvalue weighted by atomic mass is 9.98. The molecule has 96 valence electrons. The number of Topliss-reactive ketones (excluding diaryl/α,β-unsaturated/α-hetero) is 1. The SMILES string of the molecule is O=C(CN1CCC[C@H](C(=O)O)C1)c1cnccn1. The second kappa shape index (κ2) is 5.68. The van der Waals surface area contributed by atoms with Gasteiger partial charge in [0.15, 0.2) is 5.78 Å². The molecule has 1 saturated heterocycles. The topological polar surface area (TPSA) is 83.4 Å². The van der Waals surface area contributed by atoms with Crippen LogP contribution in [0.3, 0.4) is 0 Å². The van der Waals surface area contributed by atoms with E-state index in [0.29, 0.717) is 18.7 Å². The molecule has 0 aromatic carbocycles. The summed E-state index contributed by atoms with van der Waals surface area (Å²) < 4.78 is 0. The van der Waals surface area contributed by atoms with Gasteiger partial charge in [0.2, 0.25) is 0 Å². The third kappa shape index (κ3) is 3.10. The van der Waals surface area contributed by atoms with E-state index >= 15 is 0 Å². The molecule has 1 aliphatic heterocycles. The molecule has 1 fully saturated rings. The molecule has 1 atom stereocenters. The maximum atomic E-state index is 11.9. The molecule has 1 aromatic heterocycles. The third-order valence-electron chi connectivity index (χ3n) is 3.07. The highest BCUT2D eigenvalue weighted by atomic mass is 16.4. The number of carbonyl (C=O) groups is 2. The number of nitrogens with zero attached hydrogens (tertiary/aromatic N) is 3. The average molecular weight is 249 g/mol. The van der Waals surface area contributed by atoms with E-state index in [1.165, 1.54) is 18.6 Å². The Morgan fingerprint density at radius 3 is 2.94 bits per heavy atom. The van der Waals surface area contributed by atoms with Crippen molar-refractivity contribution in [3.8, 4) is 0 Å². The second-order valence-electron chi connectivity index (χ2n) is 4.43. The van der Waals surface area contributed by atoms with Crippen molar-refractivity contribution in [2.24, 2.45) is 5.92 Å². The Morgan fingerprint density at radius 2 is 2.28 bits per heavy atom. The number of carboxylic acids is 1. The highest BCUT2D eigenvalue weighted by Gasteiger charge is 2.26. The monoisotopic (exact) mass is 249 g/mol. The molecule has 0 bridgehead atoms. The number of likely N-dealkylation sites (tertiary alicyclic amines) is 1. The second-order valence-corrected chi connectivity index (χ2v) is 4.43. The molecule has 1 aliphatic rings. The summed E-state index contributed by atoms with van der Waals surface area (Å²) in [6, 6.07) is 0. The molecule has 6 nitrogen and oxygen atoms in total. The zero-order chi connectivity index (χ0) is 13.0. The quantitative estimate of drug-likeness (QED) is 0.780. The number of rotatable bonds is 4. The van der Waals surface area contributed by atoms with Crippen molar-refractivity contribution in [2.75, 3.05) is 19.6 Å². The molecule has 0 unspecified atom stereocenters. The fraction of sp³-hybridized carbons (Fsp3) is 0.500. The maximum Gasteiger partial charge on any atom is 0.307 e. The summed E-state index contributed by atoms with van der Waals surface area (Å²) in [5, 5.41) is 8.97. The van der Waals surface area contributed by atoms with Gasteiger partial charge in [-0.25, -0.2) is 4.98 Å². The zero-order valence-electron chi connectivity index (χ0n) is 9.95. The number of hydrogen-bond donors (Lipinski definition) is 1. The molecule has 1 aromatic rings. The van der Waals surface area contributed by atoms with Crippen molar-refractivity contribution in [1.29, 1.82) is 0 Å². The number of carboxylic acid groups (broad SMARTS) is 1. The van der Waals surface area contributed by atoms with Crippen LogP contribution in [0.4, 0.5) is 0 Å². The Morgan fingerprint density at radius 1 is 1.44 bits per heavy atom. The van der Waals surface area contributed by atoms with Crippen molar-refractivity contribution in [1.82, 2.24) is 14.9 Å². The third-order valence-corrected chi connectivity index (χ3v) is 3.07. The summed E-state index contributed by atoms with van der Waals surface area (Å²) in [5.41, 5.74) is 0.329. The molecule has 0 amide bonds. The van der Waals surface area contributed by atoms with Gasteiger partial charge in [0, 0.05) is 18.9 Å². The first-order chi connectivity index (χ1) is 8.66. The van der Waals surface area contributed by atoms with Crippen LogP contribution in [0.5, 0.6) is 0 Å². The fourth-order valence-electron chi connectivity index (χ4n) is 2.13. The van der Waals surface area contributed by atoms with E-state index < -0.39 is 5.97 Å². The van der Waals surface area contributed by atoms with Crippen LogP contribution >= 0.6 is 0 Å². The Labute approximate surface area is 105 Å². The summed E-state index contributed by atoms with van der Waals surface area (Å²) in [5.74, 6) is -1.27. The van der Waals surface area contributed by atoms with Gasteiger partial charge in [-0.1, -0.05) is 0 Å². The lowest BCUT2D eigenvalue weighted by Gasteiger charge is -2.29. The molecule has 2 heterocycles. The highest BCUT2D eigenvalue weighted by Crippen LogP contribution is 2.16. The number of carbonyl (C=O) groups excluding carboxylic acids is 1. The lowest BCUT2D eigenvalue weighted by molar-refractivity contribution is -0.143. The van der Waals surface area contributed by atoms with Crippen LogP contribution < -0.4 is 0 Å². The Balaban J connectivity index is 1.93. The van der Waals surface area contributed by atoms with Gasteiger partial charge >= 0.3 is 5.97 Å². The zero-order valence-corrected chi connectivity index (χ0v) is 9.95. The largest absolute Gasteiger partial charge is 0.481 e. The van der Waals surface area contributed by atoms with E-state index in [0.717, 1.165) is 13.0 Å². The molecule has 0 saturated carbocycles. The number of ketones is 1. The molecule has 0 spiro atoms. The first kappa shape index (κ1) is 12.6. The molecule has 18 heavy (non-hydrogen) atoms. The molecular weight excluding hydrogens is 234 g/mol. The van der Waals surface area contributed by atoms with E-state index in [4.69, 9.17) is 5.11 Å². The molecular formula is C12H15N3O3. The van der Waals surface area contributed by atoms with Gasteiger partial charge in [-0.15, -0.1) is 0 Å². The summed E-state index contributed by atoms with van der Waals surface area (Å²) in [6.07, 6.45) is 5.92. The van der Waals surface area contributed by atoms with Gasteiger partial charge in [-0.2, -0.15) is 0 Å². The Bertz CT molecular complexity index is 435. The van der Waals surface area contributed by atoms with E-state index in [1.54, 1.807) is 0 Å². The van der Waals surface area contributed by atoms with Crippen LogP contribution in [-0.2, 0) is 4.79 Å². The Hall–Kier alpha value is -1.82. The summed E-state index contributed by atoms with van der Waals surface area (Å²) in [4.78, 5) is 32.5. The first-order valence-corrected chi connectivity index (χ1v) is 5.91. The number of aromatic nitrogens is 2. The smallest absolute Gasteiger partial charge is 0.307 e. The van der Waals surface area contributed by atoms with Crippen molar-refractivity contribution in [3.63, 3.8) is 0 Å². The molecule has 0 radical (unpaired) electrons. The predicted octanol–water partition coefficient (Wildman–Crippen LogP) is 0.456. The normalized spacial score (nSPS) is 20.6. The van der Waals surface area contributed by atoms with Gasteiger partial charge in [0.25, 0.3) is 0 Å². The summed E-state index contributed by atoms with van der Waals surface area (Å²) in [6.45, 7) is 1.40. The fourth-order valence-corrected chi connectivity index (χ4v) is 2.13. The average Bonchev–Trinajstić information content (AvgIpc) is 2.40. The predicted molar refractivity (Wildman–Crippen MR) is 63.2 cm³/mol. The maximum absolute atomic E-state index is 11.9. The molecule has 0 aliphatic carbocycles. The summed E-state index contributed by atoms with van der Waals surface area (Å²) >= 11 is 0.